The number of likely N-dealkylation sites (N-methyl/N-ethyl adjacent to an activating group) is 1. The average Bonchev–Trinajstić information content (AvgIpc) is 3.09. The van der Waals surface area contributed by atoms with E-state index in [1.165, 1.54) is 23.9 Å². The van der Waals surface area contributed by atoms with Crippen molar-refractivity contribution >= 4 is 22.4 Å². The summed E-state index contributed by atoms with van der Waals surface area (Å²) < 4.78 is 0. The van der Waals surface area contributed by atoms with Crippen LogP contribution < -0.4 is 9.80 Å². The molecule has 2 aliphatic rings. The third-order valence-electron chi connectivity index (χ3n) is 4.95. The molecule has 0 atom stereocenters. The van der Waals surface area contributed by atoms with Gasteiger partial charge in [0.05, 0.1) is 5.52 Å². The van der Waals surface area contributed by atoms with E-state index in [2.05, 4.69) is 52.1 Å². The number of rotatable bonds is 2. The van der Waals surface area contributed by atoms with Gasteiger partial charge in [-0.3, -0.25) is 0 Å². The van der Waals surface area contributed by atoms with Crippen molar-refractivity contribution in [2.24, 2.45) is 0 Å². The lowest BCUT2D eigenvalue weighted by molar-refractivity contribution is 0.313. The number of hydrogen-bond acceptors (Lipinski definition) is 4. The Morgan fingerprint density at radius 2 is 1.59 bits per heavy atom. The molecule has 22 heavy (non-hydrogen) atoms. The summed E-state index contributed by atoms with van der Waals surface area (Å²) >= 11 is 0. The smallest absolute Gasteiger partial charge is 0.131 e. The number of aromatic nitrogens is 1. The Labute approximate surface area is 132 Å². The minimum absolute atomic E-state index is 1.10. The molecule has 1 aromatic heterocycles. The molecule has 2 saturated heterocycles. The fourth-order valence-electron chi connectivity index (χ4n) is 3.56. The van der Waals surface area contributed by atoms with Gasteiger partial charge in [-0.1, -0.05) is 18.2 Å². The Bertz CT molecular complexity index is 655. The van der Waals surface area contributed by atoms with Crippen LogP contribution in [0.5, 0.6) is 0 Å². The van der Waals surface area contributed by atoms with Gasteiger partial charge in [0.1, 0.15) is 5.82 Å². The summed E-state index contributed by atoms with van der Waals surface area (Å²) in [6, 6.07) is 10.9. The number of pyridine rings is 1. The van der Waals surface area contributed by atoms with Gasteiger partial charge in [-0.25, -0.2) is 4.98 Å². The third-order valence-corrected chi connectivity index (χ3v) is 4.95. The quantitative estimate of drug-likeness (QED) is 0.849. The van der Waals surface area contributed by atoms with E-state index in [0.29, 0.717) is 0 Å². The highest BCUT2D eigenvalue weighted by Gasteiger charge is 2.20. The van der Waals surface area contributed by atoms with E-state index in [-0.39, 0.29) is 0 Å². The van der Waals surface area contributed by atoms with Gasteiger partial charge in [-0.2, -0.15) is 0 Å². The molecule has 0 amide bonds. The highest BCUT2D eigenvalue weighted by Crippen LogP contribution is 2.31. The SMILES string of the molecule is CN1CCN(c2cc(N3CCCC3)nc3ccccc23)CC1. The van der Waals surface area contributed by atoms with Crippen molar-refractivity contribution in [2.75, 3.05) is 56.1 Å². The number of fused-ring (bicyclic) bond motifs is 1. The summed E-state index contributed by atoms with van der Waals surface area (Å²) in [6.07, 6.45) is 2.58. The molecule has 0 unspecified atom stereocenters. The number of piperazine rings is 1. The minimum Gasteiger partial charge on any atom is -0.368 e. The molecule has 0 N–H and O–H groups in total. The first-order chi connectivity index (χ1) is 10.8. The van der Waals surface area contributed by atoms with E-state index < -0.39 is 0 Å². The third kappa shape index (κ3) is 2.52. The Balaban J connectivity index is 1.77. The molecule has 4 nitrogen and oxygen atoms in total. The maximum atomic E-state index is 4.92. The predicted molar refractivity (Wildman–Crippen MR) is 92.9 cm³/mol. The van der Waals surface area contributed by atoms with E-state index in [4.69, 9.17) is 4.98 Å². The molecule has 3 heterocycles. The minimum atomic E-state index is 1.10. The lowest BCUT2D eigenvalue weighted by Gasteiger charge is -2.35. The van der Waals surface area contributed by atoms with Crippen LogP contribution in [-0.2, 0) is 0 Å². The zero-order valence-electron chi connectivity index (χ0n) is 13.3. The van der Waals surface area contributed by atoms with Gasteiger partial charge >= 0.3 is 0 Å². The molecular weight excluding hydrogens is 272 g/mol. The standard InChI is InChI=1S/C18H24N4/c1-20-10-12-21(13-11-20)17-14-18(22-8-4-5-9-22)19-16-7-3-2-6-15(16)17/h2-3,6-7,14H,4-5,8-13H2,1H3. The van der Waals surface area contributed by atoms with E-state index in [1.807, 2.05) is 0 Å². The van der Waals surface area contributed by atoms with Crippen LogP contribution in [0.1, 0.15) is 12.8 Å². The molecule has 0 radical (unpaired) electrons. The van der Waals surface area contributed by atoms with Gasteiger partial charge in [0.25, 0.3) is 0 Å². The second kappa shape index (κ2) is 5.76. The Hall–Kier alpha value is -1.81. The van der Waals surface area contributed by atoms with Crippen molar-refractivity contribution in [1.82, 2.24) is 9.88 Å². The maximum Gasteiger partial charge on any atom is 0.131 e. The van der Waals surface area contributed by atoms with E-state index >= 15 is 0 Å². The van der Waals surface area contributed by atoms with E-state index in [0.717, 1.165) is 50.6 Å². The molecule has 0 aliphatic carbocycles. The molecule has 116 valence electrons. The van der Waals surface area contributed by atoms with Gasteiger partial charge in [-0.15, -0.1) is 0 Å². The van der Waals surface area contributed by atoms with Crippen molar-refractivity contribution in [3.05, 3.63) is 30.3 Å². The number of anilines is 2. The van der Waals surface area contributed by atoms with Crippen molar-refractivity contribution in [3.63, 3.8) is 0 Å². The molecule has 0 bridgehead atoms. The van der Waals surface area contributed by atoms with Crippen LogP contribution in [0.25, 0.3) is 10.9 Å². The number of hydrogen-bond donors (Lipinski definition) is 0. The normalized spacial score (nSPS) is 20.0. The van der Waals surface area contributed by atoms with Crippen LogP contribution in [0.2, 0.25) is 0 Å². The summed E-state index contributed by atoms with van der Waals surface area (Å²) in [5.41, 5.74) is 2.49. The fourth-order valence-corrected chi connectivity index (χ4v) is 3.56. The highest BCUT2D eigenvalue weighted by atomic mass is 15.3. The maximum absolute atomic E-state index is 4.92. The molecule has 1 aromatic carbocycles. The first-order valence-corrected chi connectivity index (χ1v) is 8.39. The first-order valence-electron chi connectivity index (χ1n) is 8.39. The van der Waals surface area contributed by atoms with Crippen molar-refractivity contribution in [2.45, 2.75) is 12.8 Å². The summed E-state index contributed by atoms with van der Waals surface area (Å²) in [5, 5.41) is 1.29. The Morgan fingerprint density at radius 1 is 0.864 bits per heavy atom. The summed E-state index contributed by atoms with van der Waals surface area (Å²) in [4.78, 5) is 12.3. The number of nitrogens with zero attached hydrogens (tertiary/aromatic N) is 4. The second-order valence-corrected chi connectivity index (χ2v) is 6.50. The van der Waals surface area contributed by atoms with Crippen molar-refractivity contribution in [3.8, 4) is 0 Å². The van der Waals surface area contributed by atoms with Gasteiger partial charge in [0, 0.05) is 56.4 Å². The zero-order valence-corrected chi connectivity index (χ0v) is 13.3. The van der Waals surface area contributed by atoms with Crippen LogP contribution in [0.4, 0.5) is 11.5 Å². The lowest BCUT2D eigenvalue weighted by Crippen LogP contribution is -2.44. The van der Waals surface area contributed by atoms with Crippen molar-refractivity contribution < 1.29 is 0 Å². The second-order valence-electron chi connectivity index (χ2n) is 6.50. The molecule has 4 heteroatoms. The van der Waals surface area contributed by atoms with Crippen LogP contribution >= 0.6 is 0 Å². The van der Waals surface area contributed by atoms with Gasteiger partial charge < -0.3 is 14.7 Å². The van der Waals surface area contributed by atoms with E-state index in [1.54, 1.807) is 0 Å². The predicted octanol–water partition coefficient (Wildman–Crippen LogP) is 2.59. The zero-order chi connectivity index (χ0) is 14.9. The van der Waals surface area contributed by atoms with Crippen LogP contribution in [0.3, 0.4) is 0 Å². The molecular formula is C18H24N4. The Morgan fingerprint density at radius 3 is 2.36 bits per heavy atom. The molecule has 0 saturated carbocycles. The van der Waals surface area contributed by atoms with Crippen LogP contribution in [0.15, 0.2) is 30.3 Å². The largest absolute Gasteiger partial charge is 0.368 e. The topological polar surface area (TPSA) is 22.6 Å². The van der Waals surface area contributed by atoms with Crippen molar-refractivity contribution in [1.29, 1.82) is 0 Å². The lowest BCUT2D eigenvalue weighted by atomic mass is 10.1. The van der Waals surface area contributed by atoms with Gasteiger partial charge in [0.15, 0.2) is 0 Å². The molecule has 2 aromatic rings. The van der Waals surface area contributed by atoms with E-state index in [9.17, 15) is 0 Å². The number of para-hydroxylation sites is 1. The summed E-state index contributed by atoms with van der Waals surface area (Å²) in [5.74, 6) is 1.16. The highest BCUT2D eigenvalue weighted by molar-refractivity contribution is 5.93. The Kier molecular flexibility index (Phi) is 3.62. The van der Waals surface area contributed by atoms with Crippen LogP contribution in [-0.4, -0.2) is 56.2 Å². The fraction of sp³-hybridized carbons (Fsp3) is 0.500. The summed E-state index contributed by atoms with van der Waals surface area (Å²) in [7, 11) is 2.21. The first kappa shape index (κ1) is 13.8. The summed E-state index contributed by atoms with van der Waals surface area (Å²) in [6.45, 7) is 6.76. The molecule has 2 aliphatic heterocycles. The van der Waals surface area contributed by atoms with Crippen LogP contribution in [0, 0.1) is 0 Å². The molecule has 2 fully saturated rings. The van der Waals surface area contributed by atoms with Gasteiger partial charge in [0.2, 0.25) is 0 Å². The number of benzene rings is 1. The monoisotopic (exact) mass is 296 g/mol. The average molecular weight is 296 g/mol. The van der Waals surface area contributed by atoms with Gasteiger partial charge in [-0.05, 0) is 26.0 Å². The molecule has 0 spiro atoms. The molecule has 4 rings (SSSR count).